The summed E-state index contributed by atoms with van der Waals surface area (Å²) in [4.78, 5) is 9.61. The Morgan fingerprint density at radius 1 is 1.41 bits per heavy atom. The lowest BCUT2D eigenvalue weighted by Gasteiger charge is -2.17. The average molecular weight is 270 g/mol. The van der Waals surface area contributed by atoms with Gasteiger partial charge < -0.3 is 11.5 Å². The monoisotopic (exact) mass is 269 g/mol. The highest BCUT2D eigenvalue weighted by Crippen LogP contribution is 2.38. The van der Waals surface area contributed by atoms with E-state index in [0.717, 1.165) is 6.07 Å². The van der Waals surface area contributed by atoms with Crippen LogP contribution < -0.4 is 11.5 Å². The van der Waals surface area contributed by atoms with Crippen LogP contribution >= 0.6 is 11.6 Å². The van der Waals surface area contributed by atoms with Gasteiger partial charge in [-0.1, -0.05) is 11.6 Å². The second kappa shape index (κ2) is 4.38. The summed E-state index contributed by atoms with van der Waals surface area (Å²) in [6.45, 7) is 0. The molecule has 0 heterocycles. The van der Waals surface area contributed by atoms with Crippen LogP contribution in [0.15, 0.2) is 12.1 Å². The molecule has 0 saturated heterocycles. The largest absolute Gasteiger partial charge is 0.407 e. The van der Waals surface area contributed by atoms with Gasteiger partial charge in [0.25, 0.3) is 5.69 Å². The molecular weight excluding hydrogens is 263 g/mol. The highest BCUT2D eigenvalue weighted by Gasteiger charge is 2.39. The number of halogens is 4. The molecule has 1 atom stereocenters. The molecule has 17 heavy (non-hydrogen) atoms. The van der Waals surface area contributed by atoms with Crippen LogP contribution in [0.4, 0.5) is 24.5 Å². The number of nitrogen functional groups attached to an aromatic ring is 1. The van der Waals surface area contributed by atoms with Gasteiger partial charge in [0.1, 0.15) is 11.7 Å². The molecule has 1 rings (SSSR count). The Balaban J connectivity index is 3.35. The predicted molar refractivity (Wildman–Crippen MR) is 55.5 cm³/mol. The number of anilines is 1. The second-order valence-electron chi connectivity index (χ2n) is 3.21. The maximum Gasteiger partial charge on any atom is 0.407 e. The normalized spacial score (nSPS) is 13.5. The molecule has 0 fully saturated rings. The summed E-state index contributed by atoms with van der Waals surface area (Å²) < 4.78 is 37.1. The summed E-state index contributed by atoms with van der Waals surface area (Å²) in [6, 6.07) is -0.884. The second-order valence-corrected chi connectivity index (χ2v) is 3.62. The van der Waals surface area contributed by atoms with Gasteiger partial charge in [-0.25, -0.2) is 0 Å². The molecule has 94 valence electrons. The minimum absolute atomic E-state index is 0.321. The van der Waals surface area contributed by atoms with Gasteiger partial charge in [0.2, 0.25) is 0 Å². The van der Waals surface area contributed by atoms with E-state index in [1.165, 1.54) is 0 Å². The molecule has 1 aromatic rings. The van der Waals surface area contributed by atoms with Crippen LogP contribution in [0, 0.1) is 10.1 Å². The summed E-state index contributed by atoms with van der Waals surface area (Å²) in [6.07, 6.45) is -4.74. The van der Waals surface area contributed by atoms with E-state index in [2.05, 4.69) is 0 Å². The predicted octanol–water partition coefficient (Wildman–Crippen LogP) is 2.39. The third-order valence-electron chi connectivity index (χ3n) is 2.03. The van der Waals surface area contributed by atoms with Gasteiger partial charge in [-0.15, -0.1) is 0 Å². The van der Waals surface area contributed by atoms with Crippen molar-refractivity contribution in [3.63, 3.8) is 0 Å². The summed E-state index contributed by atoms with van der Waals surface area (Å²) in [5, 5.41) is 10.2. The lowest BCUT2D eigenvalue weighted by molar-refractivity contribution is -0.384. The fourth-order valence-electron chi connectivity index (χ4n) is 1.17. The Hall–Kier alpha value is -1.54. The lowest BCUT2D eigenvalue weighted by Crippen LogP contribution is -2.28. The van der Waals surface area contributed by atoms with Crippen molar-refractivity contribution in [3.8, 4) is 0 Å². The molecule has 1 aromatic carbocycles. The maximum atomic E-state index is 12.4. The topological polar surface area (TPSA) is 95.2 Å². The van der Waals surface area contributed by atoms with E-state index in [-0.39, 0.29) is 10.7 Å². The van der Waals surface area contributed by atoms with Crippen LogP contribution in [0.5, 0.6) is 0 Å². The third-order valence-corrected chi connectivity index (χ3v) is 2.36. The van der Waals surface area contributed by atoms with E-state index in [1.54, 1.807) is 0 Å². The SMILES string of the molecule is Nc1cc(Cl)c([C@H](N)C(F)(F)F)cc1[N+](=O)[O-]. The van der Waals surface area contributed by atoms with E-state index in [9.17, 15) is 23.3 Å². The summed E-state index contributed by atoms with van der Waals surface area (Å²) in [5.74, 6) is 0. The molecule has 0 unspecified atom stereocenters. The fraction of sp³-hybridized carbons (Fsp3) is 0.250. The van der Waals surface area contributed by atoms with E-state index in [1.807, 2.05) is 0 Å². The standard InChI is InChI=1S/C8H7ClF3N3O2/c9-4-2-5(13)6(15(16)17)1-3(4)7(14)8(10,11)12/h1-2,7H,13-14H2/t7-/m0/s1. The van der Waals surface area contributed by atoms with Crippen molar-refractivity contribution in [2.45, 2.75) is 12.2 Å². The third kappa shape index (κ3) is 2.77. The van der Waals surface area contributed by atoms with Gasteiger partial charge in [-0.05, 0) is 6.07 Å². The zero-order valence-electron chi connectivity index (χ0n) is 8.16. The van der Waals surface area contributed by atoms with Gasteiger partial charge in [0.05, 0.1) is 4.92 Å². The van der Waals surface area contributed by atoms with E-state index >= 15 is 0 Å². The van der Waals surface area contributed by atoms with E-state index in [4.69, 9.17) is 23.1 Å². The number of nitro benzene ring substituents is 1. The minimum atomic E-state index is -4.74. The molecule has 0 radical (unpaired) electrons. The summed E-state index contributed by atoms with van der Waals surface area (Å²) in [5.41, 5.74) is 8.60. The number of alkyl halides is 3. The summed E-state index contributed by atoms with van der Waals surface area (Å²) >= 11 is 5.52. The first-order valence-electron chi connectivity index (χ1n) is 4.20. The zero-order valence-corrected chi connectivity index (χ0v) is 8.92. The Morgan fingerprint density at radius 3 is 2.35 bits per heavy atom. The van der Waals surface area contributed by atoms with Crippen LogP contribution in [-0.4, -0.2) is 11.1 Å². The molecule has 0 aliphatic heterocycles. The molecule has 0 aliphatic rings. The van der Waals surface area contributed by atoms with Crippen LogP contribution in [0.3, 0.4) is 0 Å². The van der Waals surface area contributed by atoms with Gasteiger partial charge in [0, 0.05) is 16.7 Å². The number of nitrogens with two attached hydrogens (primary N) is 2. The number of hydrogen-bond donors (Lipinski definition) is 2. The van der Waals surface area contributed by atoms with Crippen molar-refractivity contribution < 1.29 is 18.1 Å². The Kier molecular flexibility index (Phi) is 3.48. The first kappa shape index (κ1) is 13.5. The highest BCUT2D eigenvalue weighted by atomic mass is 35.5. The maximum absolute atomic E-state index is 12.4. The highest BCUT2D eigenvalue weighted by molar-refractivity contribution is 6.31. The van der Waals surface area contributed by atoms with Crippen molar-refractivity contribution in [2.24, 2.45) is 5.73 Å². The number of hydrogen-bond acceptors (Lipinski definition) is 4. The number of nitro groups is 1. The van der Waals surface area contributed by atoms with Gasteiger partial charge in [-0.2, -0.15) is 13.2 Å². The van der Waals surface area contributed by atoms with Crippen LogP contribution in [0.25, 0.3) is 0 Å². The van der Waals surface area contributed by atoms with Gasteiger partial charge in [-0.3, -0.25) is 10.1 Å². The molecule has 0 aromatic heterocycles. The minimum Gasteiger partial charge on any atom is -0.393 e. The number of benzene rings is 1. The van der Waals surface area contributed by atoms with Crippen LogP contribution in [0.2, 0.25) is 5.02 Å². The van der Waals surface area contributed by atoms with Crippen molar-refractivity contribution in [1.82, 2.24) is 0 Å². The van der Waals surface area contributed by atoms with Crippen LogP contribution in [-0.2, 0) is 0 Å². The van der Waals surface area contributed by atoms with Gasteiger partial charge >= 0.3 is 6.18 Å². The Morgan fingerprint density at radius 2 is 1.94 bits per heavy atom. The quantitative estimate of drug-likeness (QED) is 0.489. The molecule has 5 nitrogen and oxygen atoms in total. The van der Waals surface area contributed by atoms with Crippen molar-refractivity contribution in [2.75, 3.05) is 5.73 Å². The molecule has 9 heteroatoms. The van der Waals surface area contributed by atoms with Crippen molar-refractivity contribution in [1.29, 1.82) is 0 Å². The molecule has 0 aliphatic carbocycles. The molecule has 4 N–H and O–H groups in total. The molecule has 0 spiro atoms. The number of rotatable bonds is 2. The van der Waals surface area contributed by atoms with Crippen molar-refractivity contribution in [3.05, 3.63) is 32.8 Å². The molecule has 0 bridgehead atoms. The first-order chi connectivity index (χ1) is 7.64. The smallest absolute Gasteiger partial charge is 0.393 e. The van der Waals surface area contributed by atoms with E-state index in [0.29, 0.717) is 6.07 Å². The first-order valence-corrected chi connectivity index (χ1v) is 4.58. The van der Waals surface area contributed by atoms with Gasteiger partial charge in [0.15, 0.2) is 0 Å². The van der Waals surface area contributed by atoms with E-state index < -0.39 is 28.4 Å². The molecular formula is C8H7ClF3N3O2. The van der Waals surface area contributed by atoms with Crippen molar-refractivity contribution >= 4 is 23.0 Å². The molecule has 0 saturated carbocycles. The van der Waals surface area contributed by atoms with Crippen LogP contribution in [0.1, 0.15) is 11.6 Å². The number of nitrogens with zero attached hydrogens (tertiary/aromatic N) is 1. The molecule has 0 amide bonds. The fourth-order valence-corrected chi connectivity index (χ4v) is 1.46. The lowest BCUT2D eigenvalue weighted by atomic mass is 10.1. The average Bonchev–Trinajstić information content (AvgIpc) is 2.14. The zero-order chi connectivity index (χ0) is 13.4. The summed E-state index contributed by atoms with van der Waals surface area (Å²) in [7, 11) is 0. The Labute approximate surface area is 98.3 Å². The Bertz CT molecular complexity index is 464.